The van der Waals surface area contributed by atoms with E-state index in [1.807, 2.05) is 67.6 Å². The van der Waals surface area contributed by atoms with Crippen molar-refractivity contribution in [2.45, 2.75) is 26.1 Å². The number of aliphatic hydroxyl groups excluding tert-OH is 1. The second kappa shape index (κ2) is 9.96. The Kier molecular flexibility index (Phi) is 6.41. The number of hydrogen-bond donors (Lipinski definition) is 1. The lowest BCUT2D eigenvalue weighted by atomic mass is 9.95. The highest BCUT2D eigenvalue weighted by atomic mass is 16.5. The van der Waals surface area contributed by atoms with Crippen LogP contribution < -0.4 is 4.74 Å². The Morgan fingerprint density at radius 2 is 1.67 bits per heavy atom. The Morgan fingerprint density at radius 3 is 2.33 bits per heavy atom. The minimum Gasteiger partial charge on any atom is -0.507 e. The van der Waals surface area contributed by atoms with Crippen molar-refractivity contribution in [2.24, 2.45) is 0 Å². The van der Waals surface area contributed by atoms with Crippen LogP contribution >= 0.6 is 0 Å². The molecule has 6 heteroatoms. The first kappa shape index (κ1) is 23.2. The summed E-state index contributed by atoms with van der Waals surface area (Å²) in [4.78, 5) is 27.7. The van der Waals surface area contributed by atoms with Crippen LogP contribution in [0.5, 0.6) is 5.75 Å². The van der Waals surface area contributed by atoms with Gasteiger partial charge in [0.15, 0.2) is 0 Å². The second-order valence-electron chi connectivity index (χ2n) is 8.67. The summed E-state index contributed by atoms with van der Waals surface area (Å²) < 4.78 is 11.4. The molecule has 0 radical (unpaired) electrons. The third-order valence-corrected chi connectivity index (χ3v) is 6.25. The molecule has 0 aliphatic carbocycles. The average Bonchev–Trinajstić information content (AvgIpc) is 3.51. The normalized spacial score (nSPS) is 16.9. The van der Waals surface area contributed by atoms with Gasteiger partial charge < -0.3 is 19.2 Å². The number of carbonyl (C=O) groups is 2. The van der Waals surface area contributed by atoms with Crippen LogP contribution in [0.2, 0.25) is 0 Å². The molecule has 180 valence electrons. The zero-order valence-electron chi connectivity index (χ0n) is 19.8. The first-order chi connectivity index (χ1) is 17.5. The number of aryl methyl sites for hydroxylation is 1. The maximum Gasteiger partial charge on any atom is 0.296 e. The lowest BCUT2D eigenvalue weighted by Gasteiger charge is -2.24. The smallest absolute Gasteiger partial charge is 0.296 e. The van der Waals surface area contributed by atoms with Crippen LogP contribution in [0.15, 0.2) is 107 Å². The summed E-state index contributed by atoms with van der Waals surface area (Å²) in [5, 5.41) is 11.3. The molecule has 1 aliphatic heterocycles. The van der Waals surface area contributed by atoms with Gasteiger partial charge in [0.25, 0.3) is 11.7 Å². The number of carbonyl (C=O) groups excluding carboxylic acids is 2. The fourth-order valence-electron chi connectivity index (χ4n) is 4.44. The number of hydrogen-bond acceptors (Lipinski definition) is 5. The molecule has 1 unspecified atom stereocenters. The summed E-state index contributed by atoms with van der Waals surface area (Å²) in [6, 6.07) is 27.0. The third-order valence-electron chi connectivity index (χ3n) is 6.25. The molecule has 1 aromatic heterocycles. The number of ether oxygens (including phenoxy) is 1. The quantitative estimate of drug-likeness (QED) is 0.206. The Morgan fingerprint density at radius 1 is 0.944 bits per heavy atom. The standard InChI is InChI=1S/C30H25NO5/c1-20-17-23(14-15-25(20)36-19-21-9-4-2-5-10-21)28(32)26-27(22-11-6-3-7-12-22)31(30(34)29(26)33)18-24-13-8-16-35-24/h2-17,27,32H,18-19H2,1H3/b28-26-. The van der Waals surface area contributed by atoms with Gasteiger partial charge in [-0.3, -0.25) is 9.59 Å². The molecule has 1 aliphatic rings. The van der Waals surface area contributed by atoms with Crippen LogP contribution in [0.25, 0.3) is 5.76 Å². The molecule has 1 N–H and O–H groups in total. The van der Waals surface area contributed by atoms with Crippen LogP contribution in [-0.2, 0) is 22.7 Å². The van der Waals surface area contributed by atoms with Gasteiger partial charge in [-0.1, -0.05) is 60.7 Å². The van der Waals surface area contributed by atoms with E-state index >= 15 is 0 Å². The molecule has 2 heterocycles. The molecule has 1 saturated heterocycles. The minimum absolute atomic E-state index is 0.0510. The van der Waals surface area contributed by atoms with Crippen molar-refractivity contribution in [2.75, 3.05) is 0 Å². The van der Waals surface area contributed by atoms with Gasteiger partial charge in [0.2, 0.25) is 0 Å². The van der Waals surface area contributed by atoms with Crippen LogP contribution in [-0.4, -0.2) is 21.7 Å². The van der Waals surface area contributed by atoms with Gasteiger partial charge in [-0.2, -0.15) is 0 Å². The number of benzene rings is 3. The molecule has 0 spiro atoms. The van der Waals surface area contributed by atoms with Crippen LogP contribution in [0.1, 0.15) is 34.1 Å². The van der Waals surface area contributed by atoms with E-state index in [9.17, 15) is 14.7 Å². The van der Waals surface area contributed by atoms with Crippen molar-refractivity contribution in [1.29, 1.82) is 0 Å². The van der Waals surface area contributed by atoms with E-state index in [2.05, 4.69) is 0 Å². The lowest BCUT2D eigenvalue weighted by molar-refractivity contribution is -0.140. The first-order valence-electron chi connectivity index (χ1n) is 11.7. The summed E-state index contributed by atoms with van der Waals surface area (Å²) in [7, 11) is 0. The van der Waals surface area contributed by atoms with Gasteiger partial charge in [-0.15, -0.1) is 0 Å². The number of ketones is 1. The molecule has 4 aromatic rings. The average molecular weight is 480 g/mol. The van der Waals surface area contributed by atoms with Gasteiger partial charge in [0.05, 0.1) is 24.4 Å². The summed E-state index contributed by atoms with van der Waals surface area (Å²) in [5.74, 6) is -0.403. The van der Waals surface area contributed by atoms with Crippen molar-refractivity contribution < 1.29 is 23.8 Å². The number of aliphatic hydroxyl groups is 1. The first-order valence-corrected chi connectivity index (χ1v) is 11.7. The molecule has 3 aromatic carbocycles. The predicted octanol–water partition coefficient (Wildman–Crippen LogP) is 5.79. The molecule has 6 nitrogen and oxygen atoms in total. The van der Waals surface area contributed by atoms with Crippen molar-refractivity contribution in [3.63, 3.8) is 0 Å². The lowest BCUT2D eigenvalue weighted by Crippen LogP contribution is -2.29. The highest BCUT2D eigenvalue weighted by Gasteiger charge is 2.46. The van der Waals surface area contributed by atoms with E-state index in [1.165, 1.54) is 11.2 Å². The fourth-order valence-corrected chi connectivity index (χ4v) is 4.44. The van der Waals surface area contributed by atoms with Crippen LogP contribution in [0.3, 0.4) is 0 Å². The van der Waals surface area contributed by atoms with Crippen LogP contribution in [0.4, 0.5) is 0 Å². The molecule has 0 bridgehead atoms. The number of Topliss-reactive ketones (excluding diaryl/α,β-unsaturated/α-hetero) is 1. The SMILES string of the molecule is Cc1cc(/C(O)=C2/C(=O)C(=O)N(Cc3ccco3)C2c2ccccc2)ccc1OCc1ccccc1. The Bertz CT molecular complexity index is 1410. The maximum atomic E-state index is 13.2. The van der Waals surface area contributed by atoms with E-state index in [4.69, 9.17) is 9.15 Å². The van der Waals surface area contributed by atoms with E-state index in [1.54, 1.807) is 30.3 Å². The Hall–Kier alpha value is -4.58. The summed E-state index contributed by atoms with van der Waals surface area (Å²) in [5.41, 5.74) is 3.07. The van der Waals surface area contributed by atoms with E-state index < -0.39 is 17.7 Å². The van der Waals surface area contributed by atoms with Crippen molar-refractivity contribution in [3.8, 4) is 5.75 Å². The van der Waals surface area contributed by atoms with Crippen LogP contribution in [0, 0.1) is 6.92 Å². The Balaban J connectivity index is 1.50. The molecule has 5 rings (SSSR count). The summed E-state index contributed by atoms with van der Waals surface area (Å²) in [6.07, 6.45) is 1.52. The summed E-state index contributed by atoms with van der Waals surface area (Å²) in [6.45, 7) is 2.40. The van der Waals surface area contributed by atoms with Crippen molar-refractivity contribution in [3.05, 3.63) is 131 Å². The van der Waals surface area contributed by atoms with E-state index in [-0.39, 0.29) is 17.9 Å². The van der Waals surface area contributed by atoms with Gasteiger partial charge in [-0.25, -0.2) is 0 Å². The zero-order chi connectivity index (χ0) is 25.1. The number of rotatable bonds is 7. The highest BCUT2D eigenvalue weighted by molar-refractivity contribution is 6.46. The highest BCUT2D eigenvalue weighted by Crippen LogP contribution is 2.40. The van der Waals surface area contributed by atoms with Gasteiger partial charge in [0.1, 0.15) is 23.9 Å². The molecule has 0 saturated carbocycles. The van der Waals surface area contributed by atoms with Gasteiger partial charge >= 0.3 is 0 Å². The molecule has 1 amide bonds. The molecule has 1 fully saturated rings. The number of furan rings is 1. The van der Waals surface area contributed by atoms with Crippen molar-refractivity contribution in [1.82, 2.24) is 4.90 Å². The van der Waals surface area contributed by atoms with E-state index in [0.29, 0.717) is 23.7 Å². The number of nitrogens with zero attached hydrogens (tertiary/aromatic N) is 1. The minimum atomic E-state index is -0.745. The van der Waals surface area contributed by atoms with Gasteiger partial charge in [0, 0.05) is 5.56 Å². The molecular weight excluding hydrogens is 454 g/mol. The monoisotopic (exact) mass is 479 g/mol. The Labute approximate surface area is 209 Å². The maximum absolute atomic E-state index is 13.2. The molecular formula is C30H25NO5. The molecule has 36 heavy (non-hydrogen) atoms. The second-order valence-corrected chi connectivity index (χ2v) is 8.67. The fraction of sp³-hybridized carbons (Fsp3) is 0.133. The largest absolute Gasteiger partial charge is 0.507 e. The summed E-state index contributed by atoms with van der Waals surface area (Å²) >= 11 is 0. The van der Waals surface area contributed by atoms with Gasteiger partial charge in [-0.05, 0) is 53.9 Å². The predicted molar refractivity (Wildman–Crippen MR) is 135 cm³/mol. The number of likely N-dealkylation sites (tertiary alicyclic amines) is 1. The zero-order valence-corrected chi connectivity index (χ0v) is 19.8. The topological polar surface area (TPSA) is 80.0 Å². The van der Waals surface area contributed by atoms with E-state index in [0.717, 1.165) is 16.7 Å². The van der Waals surface area contributed by atoms with Crippen molar-refractivity contribution >= 4 is 17.4 Å². The molecule has 1 atom stereocenters. The number of amides is 1. The third kappa shape index (κ3) is 4.53.